The average Bonchev–Trinajstić information content (AvgIpc) is 2.67. The molecule has 0 amide bonds. The molecule has 5 atom stereocenters. The van der Waals surface area contributed by atoms with Gasteiger partial charge in [0.25, 0.3) is 0 Å². The maximum atomic E-state index is 9.88. The largest absolute Gasteiger partial charge is 0.493 e. The van der Waals surface area contributed by atoms with Crippen molar-refractivity contribution in [1.29, 1.82) is 0 Å². The molecule has 0 unspecified atom stereocenters. The summed E-state index contributed by atoms with van der Waals surface area (Å²) in [7, 11) is 3.14. The highest BCUT2D eigenvalue weighted by Crippen LogP contribution is 2.28. The molecule has 1 fully saturated rings. The van der Waals surface area contributed by atoms with Gasteiger partial charge in [-0.3, -0.25) is 0 Å². The van der Waals surface area contributed by atoms with Gasteiger partial charge in [0, 0.05) is 0 Å². The van der Waals surface area contributed by atoms with E-state index in [4.69, 9.17) is 24.1 Å². The molecule has 0 aliphatic carbocycles. The third kappa shape index (κ3) is 4.94. The Labute approximate surface area is 152 Å². The molecule has 0 aromatic heterocycles. The molecular formula is C18H26O8. The number of rotatable bonds is 8. The third-order valence-electron chi connectivity index (χ3n) is 4.13. The summed E-state index contributed by atoms with van der Waals surface area (Å²) >= 11 is 0. The highest BCUT2D eigenvalue weighted by molar-refractivity contribution is 5.55. The van der Waals surface area contributed by atoms with E-state index in [2.05, 4.69) is 0 Å². The molecule has 4 N–H and O–H groups in total. The summed E-state index contributed by atoms with van der Waals surface area (Å²) in [6.45, 7) is -0.253. The zero-order valence-electron chi connectivity index (χ0n) is 14.8. The number of benzene rings is 1. The van der Waals surface area contributed by atoms with E-state index in [1.165, 1.54) is 0 Å². The maximum absolute atomic E-state index is 9.88. The Morgan fingerprint density at radius 3 is 2.42 bits per heavy atom. The highest BCUT2D eigenvalue weighted by atomic mass is 16.7. The van der Waals surface area contributed by atoms with Crippen LogP contribution in [0.4, 0.5) is 0 Å². The van der Waals surface area contributed by atoms with Crippen molar-refractivity contribution in [2.24, 2.45) is 0 Å². The van der Waals surface area contributed by atoms with Crippen molar-refractivity contribution < 1.29 is 39.4 Å². The van der Waals surface area contributed by atoms with Crippen LogP contribution in [0, 0.1) is 0 Å². The molecule has 0 spiro atoms. The van der Waals surface area contributed by atoms with Gasteiger partial charge in [-0.15, -0.1) is 0 Å². The van der Waals surface area contributed by atoms with E-state index in [1.807, 2.05) is 30.4 Å². The SMILES string of the molecule is COc1ccc(C=CCCO[C@@H]2O[C@H](CO)[C@@H](O)[C@H](O)[C@H]2O)cc1OC. The van der Waals surface area contributed by atoms with Crippen LogP contribution in [-0.2, 0) is 9.47 Å². The van der Waals surface area contributed by atoms with E-state index in [0.717, 1.165) is 5.56 Å². The molecule has 26 heavy (non-hydrogen) atoms. The van der Waals surface area contributed by atoms with Crippen molar-refractivity contribution in [2.75, 3.05) is 27.4 Å². The number of methoxy groups -OCH3 is 2. The Morgan fingerprint density at radius 2 is 1.77 bits per heavy atom. The average molecular weight is 370 g/mol. The van der Waals surface area contributed by atoms with Crippen LogP contribution in [-0.4, -0.2) is 78.6 Å². The fourth-order valence-corrected chi connectivity index (χ4v) is 2.63. The lowest BCUT2D eigenvalue weighted by molar-refractivity contribution is -0.300. The molecule has 1 aliphatic rings. The smallest absolute Gasteiger partial charge is 0.186 e. The monoisotopic (exact) mass is 370 g/mol. The normalized spacial score (nSPS) is 29.1. The molecular weight excluding hydrogens is 344 g/mol. The molecule has 146 valence electrons. The topological polar surface area (TPSA) is 118 Å². The van der Waals surface area contributed by atoms with E-state index < -0.39 is 37.3 Å². The number of hydrogen-bond donors (Lipinski definition) is 4. The molecule has 1 saturated heterocycles. The Balaban J connectivity index is 1.83. The van der Waals surface area contributed by atoms with Crippen LogP contribution in [0.3, 0.4) is 0 Å². The lowest BCUT2D eigenvalue weighted by Gasteiger charge is -2.39. The summed E-state index contributed by atoms with van der Waals surface area (Å²) in [6.07, 6.45) is -2.00. The van der Waals surface area contributed by atoms with Crippen molar-refractivity contribution in [3.63, 3.8) is 0 Å². The Hall–Kier alpha value is -1.68. The van der Waals surface area contributed by atoms with Gasteiger partial charge in [-0.1, -0.05) is 18.2 Å². The lowest BCUT2D eigenvalue weighted by Crippen LogP contribution is -2.59. The van der Waals surface area contributed by atoms with Crippen LogP contribution >= 0.6 is 0 Å². The van der Waals surface area contributed by atoms with Crippen molar-refractivity contribution in [2.45, 2.75) is 37.1 Å². The van der Waals surface area contributed by atoms with E-state index in [1.54, 1.807) is 14.2 Å². The standard InChI is InChI=1S/C18H26O8/c1-23-12-7-6-11(9-13(12)24-2)5-3-4-8-25-18-17(22)16(21)15(20)14(10-19)26-18/h3,5-7,9,14-22H,4,8,10H2,1-2H3/t14-,15-,16+,17-,18-/m1/s1. The molecule has 0 radical (unpaired) electrons. The van der Waals surface area contributed by atoms with Crippen molar-refractivity contribution in [3.8, 4) is 11.5 Å². The summed E-state index contributed by atoms with van der Waals surface area (Å²) in [5, 5.41) is 38.4. The fourth-order valence-electron chi connectivity index (χ4n) is 2.63. The second-order valence-electron chi connectivity index (χ2n) is 5.87. The van der Waals surface area contributed by atoms with E-state index in [-0.39, 0.29) is 6.61 Å². The molecule has 1 aliphatic heterocycles. The predicted octanol–water partition coefficient (Wildman–Crippen LogP) is -0.0764. The van der Waals surface area contributed by atoms with Crippen LogP contribution < -0.4 is 9.47 Å². The number of aliphatic hydroxyl groups is 4. The van der Waals surface area contributed by atoms with Gasteiger partial charge in [0.05, 0.1) is 27.4 Å². The first-order valence-electron chi connectivity index (χ1n) is 8.32. The van der Waals surface area contributed by atoms with Crippen molar-refractivity contribution in [1.82, 2.24) is 0 Å². The van der Waals surface area contributed by atoms with Crippen LogP contribution in [0.5, 0.6) is 11.5 Å². The molecule has 2 rings (SSSR count). The Morgan fingerprint density at radius 1 is 1.04 bits per heavy atom. The molecule has 1 aromatic rings. The maximum Gasteiger partial charge on any atom is 0.186 e. The summed E-state index contributed by atoms with van der Waals surface area (Å²) in [6, 6.07) is 5.53. The first-order chi connectivity index (χ1) is 12.5. The molecule has 8 nitrogen and oxygen atoms in total. The molecule has 0 bridgehead atoms. The van der Waals surface area contributed by atoms with Gasteiger partial charge in [-0.25, -0.2) is 0 Å². The van der Waals surface area contributed by atoms with Gasteiger partial charge in [0.2, 0.25) is 0 Å². The quantitative estimate of drug-likeness (QED) is 0.470. The van der Waals surface area contributed by atoms with E-state index in [9.17, 15) is 15.3 Å². The zero-order valence-corrected chi connectivity index (χ0v) is 14.8. The third-order valence-corrected chi connectivity index (χ3v) is 4.13. The summed E-state index contributed by atoms with van der Waals surface area (Å²) in [5.74, 6) is 1.28. The molecule has 8 heteroatoms. The van der Waals surface area contributed by atoms with Crippen molar-refractivity contribution in [3.05, 3.63) is 29.8 Å². The lowest BCUT2D eigenvalue weighted by atomic mass is 9.99. The van der Waals surface area contributed by atoms with Gasteiger partial charge in [0.1, 0.15) is 24.4 Å². The van der Waals surface area contributed by atoms with Crippen LogP contribution in [0.2, 0.25) is 0 Å². The minimum absolute atomic E-state index is 0.229. The first kappa shape index (κ1) is 20.6. The molecule has 1 aromatic carbocycles. The van der Waals surface area contributed by atoms with Crippen LogP contribution in [0.15, 0.2) is 24.3 Å². The summed E-state index contributed by atoms with van der Waals surface area (Å²) < 4.78 is 21.1. The Kier molecular flexibility index (Phi) is 7.83. The second kappa shape index (κ2) is 9.86. The van der Waals surface area contributed by atoms with Crippen molar-refractivity contribution >= 4 is 6.08 Å². The predicted molar refractivity (Wildman–Crippen MR) is 92.9 cm³/mol. The van der Waals surface area contributed by atoms with E-state index >= 15 is 0 Å². The Bertz CT molecular complexity index is 589. The second-order valence-corrected chi connectivity index (χ2v) is 5.87. The van der Waals surface area contributed by atoms with Gasteiger partial charge in [-0.2, -0.15) is 0 Å². The van der Waals surface area contributed by atoms with E-state index in [0.29, 0.717) is 17.9 Å². The number of aliphatic hydroxyl groups excluding tert-OH is 4. The van der Waals surface area contributed by atoms with Gasteiger partial charge < -0.3 is 39.4 Å². The van der Waals surface area contributed by atoms with Crippen LogP contribution in [0.1, 0.15) is 12.0 Å². The zero-order chi connectivity index (χ0) is 19.1. The summed E-state index contributed by atoms with van der Waals surface area (Å²) in [4.78, 5) is 0. The van der Waals surface area contributed by atoms with Crippen LogP contribution in [0.25, 0.3) is 6.08 Å². The minimum atomic E-state index is -1.44. The fraction of sp³-hybridized carbons (Fsp3) is 0.556. The number of hydrogen-bond acceptors (Lipinski definition) is 8. The first-order valence-corrected chi connectivity index (χ1v) is 8.32. The molecule has 1 heterocycles. The highest BCUT2D eigenvalue weighted by Gasteiger charge is 2.43. The number of ether oxygens (including phenoxy) is 4. The summed E-state index contributed by atoms with van der Waals surface area (Å²) in [5.41, 5.74) is 0.926. The minimum Gasteiger partial charge on any atom is -0.493 e. The van der Waals surface area contributed by atoms with Gasteiger partial charge in [0.15, 0.2) is 17.8 Å². The molecule has 0 saturated carbocycles. The van der Waals surface area contributed by atoms with Gasteiger partial charge in [-0.05, 0) is 24.1 Å². The van der Waals surface area contributed by atoms with Gasteiger partial charge >= 0.3 is 0 Å².